The van der Waals surface area contributed by atoms with Crippen molar-refractivity contribution < 1.29 is 19.2 Å². The molecule has 3 rings (SSSR count). The maximum Gasteiger partial charge on any atom is 0.335 e. The van der Waals surface area contributed by atoms with E-state index in [0.29, 0.717) is 6.54 Å². The van der Waals surface area contributed by atoms with E-state index in [4.69, 9.17) is 0 Å². The number of rotatable bonds is 5. The highest BCUT2D eigenvalue weighted by Crippen LogP contribution is 2.27. The van der Waals surface area contributed by atoms with Crippen LogP contribution in [0, 0.1) is 0 Å². The smallest absolute Gasteiger partial charge is 0.335 e. The Morgan fingerprint density at radius 2 is 1.81 bits per heavy atom. The van der Waals surface area contributed by atoms with Crippen molar-refractivity contribution in [2.24, 2.45) is 0 Å². The molecule has 1 aromatic carbocycles. The molecule has 0 aliphatic carbocycles. The van der Waals surface area contributed by atoms with Gasteiger partial charge in [0.25, 0.3) is 0 Å². The van der Waals surface area contributed by atoms with Crippen LogP contribution in [0.25, 0.3) is 0 Å². The Bertz CT molecular complexity index is 749. The molecule has 2 atom stereocenters. The van der Waals surface area contributed by atoms with Crippen LogP contribution < -0.4 is 0 Å². The fourth-order valence-corrected chi connectivity index (χ4v) is 3.86. The van der Waals surface area contributed by atoms with Gasteiger partial charge in [-0.05, 0) is 38.2 Å². The first kappa shape index (κ1) is 19.1. The van der Waals surface area contributed by atoms with Gasteiger partial charge in [-0.15, -0.1) is 0 Å². The third-order valence-electron chi connectivity index (χ3n) is 5.47. The third kappa shape index (κ3) is 3.59. The van der Waals surface area contributed by atoms with Crippen LogP contribution in [0.2, 0.25) is 0 Å². The Morgan fingerprint density at radius 3 is 2.48 bits per heavy atom. The SMILES string of the molecule is CCC1CCCCN1C(=O)CN1C(=O)C(=O)N(C(C)c2ccccc2)C1=O. The number of piperidine rings is 1. The summed E-state index contributed by atoms with van der Waals surface area (Å²) in [6.07, 6.45) is 3.76. The van der Waals surface area contributed by atoms with E-state index in [-0.39, 0.29) is 18.5 Å². The molecule has 2 saturated heterocycles. The minimum atomic E-state index is -0.929. The van der Waals surface area contributed by atoms with Crippen molar-refractivity contribution >= 4 is 23.8 Å². The lowest BCUT2D eigenvalue weighted by atomic mass is 10.00. The van der Waals surface area contributed by atoms with Crippen molar-refractivity contribution in [2.75, 3.05) is 13.1 Å². The van der Waals surface area contributed by atoms with Gasteiger partial charge in [0.1, 0.15) is 6.54 Å². The molecule has 0 saturated carbocycles. The minimum Gasteiger partial charge on any atom is -0.338 e. The van der Waals surface area contributed by atoms with Gasteiger partial charge in [0.05, 0.1) is 6.04 Å². The molecule has 7 heteroatoms. The van der Waals surface area contributed by atoms with Gasteiger partial charge in [-0.2, -0.15) is 0 Å². The molecule has 2 heterocycles. The number of nitrogens with zero attached hydrogens (tertiary/aromatic N) is 3. The molecule has 144 valence electrons. The van der Waals surface area contributed by atoms with E-state index in [1.807, 2.05) is 13.0 Å². The molecule has 0 spiro atoms. The summed E-state index contributed by atoms with van der Waals surface area (Å²) in [7, 11) is 0. The maximum absolute atomic E-state index is 12.7. The lowest BCUT2D eigenvalue weighted by Crippen LogP contribution is -2.49. The second kappa shape index (κ2) is 7.90. The Labute approximate surface area is 158 Å². The summed E-state index contributed by atoms with van der Waals surface area (Å²) in [5.41, 5.74) is 0.752. The Morgan fingerprint density at radius 1 is 1.11 bits per heavy atom. The van der Waals surface area contributed by atoms with Crippen LogP contribution in [0.15, 0.2) is 30.3 Å². The van der Waals surface area contributed by atoms with Gasteiger partial charge < -0.3 is 4.90 Å². The number of imide groups is 2. The van der Waals surface area contributed by atoms with Crippen molar-refractivity contribution in [2.45, 2.75) is 51.6 Å². The Hall–Kier alpha value is -2.70. The van der Waals surface area contributed by atoms with Gasteiger partial charge in [-0.3, -0.25) is 14.4 Å². The number of urea groups is 1. The van der Waals surface area contributed by atoms with Crippen LogP contribution >= 0.6 is 0 Å². The molecule has 2 fully saturated rings. The summed E-state index contributed by atoms with van der Waals surface area (Å²) in [6, 6.07) is 7.87. The summed E-state index contributed by atoms with van der Waals surface area (Å²) >= 11 is 0. The number of hydrogen-bond acceptors (Lipinski definition) is 4. The number of hydrogen-bond donors (Lipinski definition) is 0. The molecule has 5 amide bonds. The zero-order chi connectivity index (χ0) is 19.6. The highest BCUT2D eigenvalue weighted by atomic mass is 16.2. The van der Waals surface area contributed by atoms with Gasteiger partial charge in [0, 0.05) is 12.6 Å². The standard InChI is InChI=1S/C20H25N3O4/c1-3-16-11-7-8-12-21(16)17(24)13-22-18(25)19(26)23(20(22)27)14(2)15-9-5-4-6-10-15/h4-6,9-10,14,16H,3,7-8,11-13H2,1-2H3. The number of carbonyl (C=O) groups is 4. The summed E-state index contributed by atoms with van der Waals surface area (Å²) in [4.78, 5) is 53.7. The van der Waals surface area contributed by atoms with Gasteiger partial charge >= 0.3 is 17.8 Å². The van der Waals surface area contributed by atoms with E-state index in [0.717, 1.165) is 41.0 Å². The van der Waals surface area contributed by atoms with E-state index < -0.39 is 23.9 Å². The fourth-order valence-electron chi connectivity index (χ4n) is 3.86. The zero-order valence-corrected chi connectivity index (χ0v) is 15.8. The van der Waals surface area contributed by atoms with Crippen LogP contribution in [0.1, 0.15) is 51.1 Å². The van der Waals surface area contributed by atoms with E-state index >= 15 is 0 Å². The van der Waals surface area contributed by atoms with E-state index in [1.54, 1.807) is 36.1 Å². The van der Waals surface area contributed by atoms with Crippen LogP contribution in [-0.4, -0.2) is 57.6 Å². The Balaban J connectivity index is 1.75. The summed E-state index contributed by atoms with van der Waals surface area (Å²) in [6.45, 7) is 3.97. The van der Waals surface area contributed by atoms with Crippen molar-refractivity contribution in [3.8, 4) is 0 Å². The summed E-state index contributed by atoms with van der Waals surface area (Å²) in [5.74, 6) is -2.08. The second-order valence-electron chi connectivity index (χ2n) is 7.08. The lowest BCUT2D eigenvalue weighted by Gasteiger charge is -2.36. The molecule has 0 aromatic heterocycles. The number of benzene rings is 1. The summed E-state index contributed by atoms with van der Waals surface area (Å²) < 4.78 is 0. The molecule has 2 aliphatic rings. The lowest BCUT2D eigenvalue weighted by molar-refractivity contribution is -0.146. The van der Waals surface area contributed by atoms with Gasteiger partial charge in [0.15, 0.2) is 0 Å². The van der Waals surface area contributed by atoms with Crippen molar-refractivity contribution in [1.82, 2.24) is 14.7 Å². The normalized spacial score (nSPS) is 21.8. The molecule has 0 N–H and O–H groups in total. The first-order chi connectivity index (χ1) is 13.0. The van der Waals surface area contributed by atoms with Gasteiger partial charge in [0.2, 0.25) is 5.91 Å². The van der Waals surface area contributed by atoms with Crippen LogP contribution in [0.5, 0.6) is 0 Å². The van der Waals surface area contributed by atoms with E-state index in [9.17, 15) is 19.2 Å². The number of amides is 5. The predicted molar refractivity (Wildman–Crippen MR) is 98.5 cm³/mol. The first-order valence-electron chi connectivity index (χ1n) is 9.49. The first-order valence-corrected chi connectivity index (χ1v) is 9.49. The van der Waals surface area contributed by atoms with Crippen molar-refractivity contribution in [1.29, 1.82) is 0 Å². The number of carbonyl (C=O) groups excluding carboxylic acids is 4. The predicted octanol–water partition coefficient (Wildman–Crippen LogP) is 2.33. The minimum absolute atomic E-state index is 0.133. The van der Waals surface area contributed by atoms with Crippen LogP contribution in [0.3, 0.4) is 0 Å². The molecule has 0 radical (unpaired) electrons. The third-order valence-corrected chi connectivity index (χ3v) is 5.47. The number of likely N-dealkylation sites (tertiary alicyclic amines) is 1. The van der Waals surface area contributed by atoms with Gasteiger partial charge in [-0.1, -0.05) is 37.3 Å². The molecule has 0 bridgehead atoms. The zero-order valence-electron chi connectivity index (χ0n) is 15.8. The maximum atomic E-state index is 12.7. The monoisotopic (exact) mass is 371 g/mol. The molecule has 2 unspecified atom stereocenters. The molecular weight excluding hydrogens is 346 g/mol. The van der Waals surface area contributed by atoms with E-state index in [2.05, 4.69) is 0 Å². The Kier molecular flexibility index (Phi) is 5.58. The molecule has 7 nitrogen and oxygen atoms in total. The molecular formula is C20H25N3O4. The van der Waals surface area contributed by atoms with Crippen molar-refractivity contribution in [3.05, 3.63) is 35.9 Å². The largest absolute Gasteiger partial charge is 0.338 e. The van der Waals surface area contributed by atoms with Crippen molar-refractivity contribution in [3.63, 3.8) is 0 Å². The highest BCUT2D eigenvalue weighted by Gasteiger charge is 2.48. The molecule has 27 heavy (non-hydrogen) atoms. The topological polar surface area (TPSA) is 78.0 Å². The van der Waals surface area contributed by atoms with Gasteiger partial charge in [-0.25, -0.2) is 14.6 Å². The fraction of sp³-hybridized carbons (Fsp3) is 0.500. The van der Waals surface area contributed by atoms with E-state index in [1.165, 1.54) is 0 Å². The highest BCUT2D eigenvalue weighted by molar-refractivity contribution is 6.45. The second-order valence-corrected chi connectivity index (χ2v) is 7.08. The quantitative estimate of drug-likeness (QED) is 0.588. The average Bonchev–Trinajstić information content (AvgIpc) is 2.91. The van der Waals surface area contributed by atoms with Crippen LogP contribution in [-0.2, 0) is 14.4 Å². The molecule has 1 aromatic rings. The van der Waals surface area contributed by atoms with Crippen LogP contribution in [0.4, 0.5) is 4.79 Å². The molecule has 2 aliphatic heterocycles. The summed E-state index contributed by atoms with van der Waals surface area (Å²) in [5, 5.41) is 0. The average molecular weight is 371 g/mol.